The van der Waals surface area contributed by atoms with Crippen molar-refractivity contribution in [3.63, 3.8) is 0 Å². The van der Waals surface area contributed by atoms with E-state index in [1.54, 1.807) is 6.92 Å². The number of hydrogen-bond acceptors (Lipinski definition) is 4. The molecule has 1 aliphatic rings. The predicted octanol–water partition coefficient (Wildman–Crippen LogP) is -0.0281. The van der Waals surface area contributed by atoms with Crippen molar-refractivity contribution in [1.29, 1.82) is 0 Å². The molecule has 0 unspecified atom stereocenters. The summed E-state index contributed by atoms with van der Waals surface area (Å²) in [6.45, 7) is 1.80. The highest BCUT2D eigenvalue weighted by Crippen LogP contribution is 2.27. The van der Waals surface area contributed by atoms with Gasteiger partial charge in [0.25, 0.3) is 0 Å². The van der Waals surface area contributed by atoms with Crippen LogP contribution in [0.15, 0.2) is 0 Å². The van der Waals surface area contributed by atoms with E-state index in [2.05, 4.69) is 4.74 Å². The Hall–Kier alpha value is -0.620. The number of ether oxygens (including phenoxy) is 1. The fraction of sp³-hybridized carbons (Fsp3) is 0.875. The van der Waals surface area contributed by atoms with E-state index in [-0.39, 0.29) is 6.04 Å². The Kier molecular flexibility index (Phi) is 3.16. The third-order valence-corrected chi connectivity index (χ3v) is 3.84. The molecule has 0 N–H and O–H groups in total. The van der Waals surface area contributed by atoms with E-state index in [0.29, 0.717) is 12.8 Å². The molecule has 0 aromatic rings. The van der Waals surface area contributed by atoms with E-state index in [0.717, 1.165) is 6.26 Å². The number of carbonyl (C=O) groups is 1. The van der Waals surface area contributed by atoms with Crippen LogP contribution in [-0.2, 0) is 19.6 Å². The Labute approximate surface area is 84.1 Å². The second kappa shape index (κ2) is 3.86. The maximum absolute atomic E-state index is 11.4. The lowest BCUT2D eigenvalue weighted by molar-refractivity contribution is -0.144. The van der Waals surface area contributed by atoms with Crippen LogP contribution in [0, 0.1) is 0 Å². The molecule has 0 amide bonds. The summed E-state index contributed by atoms with van der Waals surface area (Å²) in [5, 5.41) is 0. The molecule has 0 bridgehead atoms. The molecule has 0 aliphatic carbocycles. The summed E-state index contributed by atoms with van der Waals surface area (Å²) in [5.74, 6) is -0.472. The van der Waals surface area contributed by atoms with Crippen molar-refractivity contribution in [2.45, 2.75) is 31.8 Å². The zero-order chi connectivity index (χ0) is 10.9. The first-order chi connectivity index (χ1) is 6.38. The van der Waals surface area contributed by atoms with Gasteiger partial charge in [-0.2, -0.15) is 4.31 Å². The van der Waals surface area contributed by atoms with Crippen molar-refractivity contribution < 1.29 is 17.9 Å². The Balaban J connectivity index is 2.94. The van der Waals surface area contributed by atoms with Gasteiger partial charge in [0, 0.05) is 6.04 Å². The second-order valence-corrected chi connectivity index (χ2v) is 5.45. The van der Waals surface area contributed by atoms with Crippen molar-refractivity contribution in [3.05, 3.63) is 0 Å². The summed E-state index contributed by atoms with van der Waals surface area (Å²) < 4.78 is 28.6. The fourth-order valence-electron chi connectivity index (χ4n) is 1.88. The predicted molar refractivity (Wildman–Crippen MR) is 51.2 cm³/mol. The first kappa shape index (κ1) is 11.5. The second-order valence-electron chi connectivity index (χ2n) is 3.56. The van der Waals surface area contributed by atoms with E-state index in [4.69, 9.17) is 0 Å². The van der Waals surface area contributed by atoms with Gasteiger partial charge in [0.15, 0.2) is 0 Å². The standard InChI is InChI=1S/C8H15NO4S/c1-6-4-5-7(8(10)13-2)9(6)14(3,11)12/h6-7H,4-5H2,1-3H3/t6-,7+/m1/s1. The van der Waals surface area contributed by atoms with Gasteiger partial charge in [0.1, 0.15) is 6.04 Å². The summed E-state index contributed by atoms with van der Waals surface area (Å²) >= 11 is 0. The summed E-state index contributed by atoms with van der Waals surface area (Å²) in [7, 11) is -2.05. The van der Waals surface area contributed by atoms with E-state index in [1.807, 2.05) is 0 Å². The maximum atomic E-state index is 11.4. The van der Waals surface area contributed by atoms with Gasteiger partial charge in [-0.05, 0) is 19.8 Å². The molecule has 0 aromatic carbocycles. The normalized spacial score (nSPS) is 29.1. The number of methoxy groups -OCH3 is 1. The highest BCUT2D eigenvalue weighted by molar-refractivity contribution is 7.88. The van der Waals surface area contributed by atoms with Gasteiger partial charge in [-0.25, -0.2) is 8.42 Å². The molecular formula is C8H15NO4S. The summed E-state index contributed by atoms with van der Waals surface area (Å²) in [5.41, 5.74) is 0. The zero-order valence-electron chi connectivity index (χ0n) is 8.56. The molecule has 0 aromatic heterocycles. The van der Waals surface area contributed by atoms with Crippen molar-refractivity contribution >= 4 is 16.0 Å². The van der Waals surface area contributed by atoms with Gasteiger partial charge in [-0.15, -0.1) is 0 Å². The molecule has 0 spiro atoms. The Morgan fingerprint density at radius 2 is 2.00 bits per heavy atom. The third-order valence-electron chi connectivity index (χ3n) is 2.46. The molecule has 82 valence electrons. The van der Waals surface area contributed by atoms with Crippen LogP contribution in [0.25, 0.3) is 0 Å². The van der Waals surface area contributed by atoms with Gasteiger partial charge in [0.2, 0.25) is 10.0 Å². The maximum Gasteiger partial charge on any atom is 0.324 e. The average molecular weight is 221 g/mol. The van der Waals surface area contributed by atoms with E-state index >= 15 is 0 Å². The largest absolute Gasteiger partial charge is 0.468 e. The monoisotopic (exact) mass is 221 g/mol. The minimum Gasteiger partial charge on any atom is -0.468 e. The molecule has 14 heavy (non-hydrogen) atoms. The molecule has 2 atom stereocenters. The van der Waals surface area contributed by atoms with Crippen LogP contribution in [0.2, 0.25) is 0 Å². The van der Waals surface area contributed by atoms with Crippen LogP contribution < -0.4 is 0 Å². The van der Waals surface area contributed by atoms with E-state index in [1.165, 1.54) is 11.4 Å². The SMILES string of the molecule is COC(=O)[C@@H]1CC[C@@H](C)N1S(C)(=O)=O. The Bertz CT molecular complexity index is 324. The fourth-order valence-corrected chi connectivity index (χ4v) is 3.29. The molecule has 1 heterocycles. The lowest BCUT2D eigenvalue weighted by Crippen LogP contribution is -2.43. The van der Waals surface area contributed by atoms with Crippen LogP contribution in [0.3, 0.4) is 0 Å². The minimum absolute atomic E-state index is 0.117. The summed E-state index contributed by atoms with van der Waals surface area (Å²) in [6.07, 6.45) is 2.36. The molecule has 0 saturated carbocycles. The topological polar surface area (TPSA) is 63.7 Å². The Morgan fingerprint density at radius 1 is 1.43 bits per heavy atom. The van der Waals surface area contributed by atoms with Gasteiger partial charge >= 0.3 is 5.97 Å². The molecule has 1 saturated heterocycles. The number of rotatable bonds is 2. The lowest BCUT2D eigenvalue weighted by atomic mass is 10.2. The highest BCUT2D eigenvalue weighted by atomic mass is 32.2. The first-order valence-corrected chi connectivity index (χ1v) is 6.29. The molecule has 1 fully saturated rings. The van der Waals surface area contributed by atoms with Crippen LogP contribution in [0.4, 0.5) is 0 Å². The van der Waals surface area contributed by atoms with Crippen LogP contribution in [0.1, 0.15) is 19.8 Å². The Morgan fingerprint density at radius 3 is 2.43 bits per heavy atom. The van der Waals surface area contributed by atoms with Crippen LogP contribution >= 0.6 is 0 Å². The number of nitrogens with zero attached hydrogens (tertiary/aromatic N) is 1. The van der Waals surface area contributed by atoms with Gasteiger partial charge in [-0.1, -0.05) is 0 Å². The zero-order valence-corrected chi connectivity index (χ0v) is 9.37. The lowest BCUT2D eigenvalue weighted by Gasteiger charge is -2.23. The molecule has 5 nitrogen and oxygen atoms in total. The van der Waals surface area contributed by atoms with Crippen molar-refractivity contribution in [3.8, 4) is 0 Å². The minimum atomic E-state index is -3.32. The smallest absolute Gasteiger partial charge is 0.324 e. The number of carbonyl (C=O) groups excluding carboxylic acids is 1. The summed E-state index contributed by atoms with van der Waals surface area (Å²) in [4.78, 5) is 11.3. The van der Waals surface area contributed by atoms with Gasteiger partial charge < -0.3 is 4.74 Å². The molecule has 0 radical (unpaired) electrons. The molecule has 6 heteroatoms. The number of esters is 1. The summed E-state index contributed by atoms with van der Waals surface area (Å²) in [6, 6.07) is -0.751. The third kappa shape index (κ3) is 2.06. The van der Waals surface area contributed by atoms with E-state index < -0.39 is 22.0 Å². The highest BCUT2D eigenvalue weighted by Gasteiger charge is 2.41. The molecule has 1 rings (SSSR count). The quantitative estimate of drug-likeness (QED) is 0.614. The molecular weight excluding hydrogens is 206 g/mol. The van der Waals surface area contributed by atoms with Crippen molar-refractivity contribution in [2.24, 2.45) is 0 Å². The first-order valence-electron chi connectivity index (χ1n) is 4.44. The van der Waals surface area contributed by atoms with Crippen molar-refractivity contribution in [2.75, 3.05) is 13.4 Å². The van der Waals surface area contributed by atoms with E-state index in [9.17, 15) is 13.2 Å². The number of hydrogen-bond donors (Lipinski definition) is 0. The van der Waals surface area contributed by atoms with Gasteiger partial charge in [-0.3, -0.25) is 4.79 Å². The van der Waals surface area contributed by atoms with Crippen molar-refractivity contribution in [1.82, 2.24) is 4.31 Å². The molecule has 1 aliphatic heterocycles. The van der Waals surface area contributed by atoms with Crippen LogP contribution in [0.5, 0.6) is 0 Å². The van der Waals surface area contributed by atoms with Gasteiger partial charge in [0.05, 0.1) is 13.4 Å². The average Bonchev–Trinajstić information content (AvgIpc) is 2.44. The number of sulfonamides is 1. The van der Waals surface area contributed by atoms with Crippen LogP contribution in [-0.4, -0.2) is 44.1 Å².